The number of ether oxygens (including phenoxy) is 2. The van der Waals surface area contributed by atoms with Gasteiger partial charge in [0.1, 0.15) is 5.70 Å². The van der Waals surface area contributed by atoms with E-state index in [9.17, 15) is 19.7 Å². The molecule has 174 valence electrons. The molecule has 0 atom stereocenters. The number of nitro benzene ring substituents is 1. The molecule has 0 saturated carbocycles. The number of anilines is 1. The van der Waals surface area contributed by atoms with Gasteiger partial charge in [-0.15, -0.1) is 0 Å². The summed E-state index contributed by atoms with van der Waals surface area (Å²) in [6.07, 6.45) is 1.23. The van der Waals surface area contributed by atoms with E-state index >= 15 is 0 Å². The highest BCUT2D eigenvalue weighted by molar-refractivity contribution is 14.1. The van der Waals surface area contributed by atoms with E-state index in [1.807, 2.05) is 0 Å². The number of hydrogen-bond donors (Lipinski definition) is 2. The number of methoxy groups -OCH3 is 2. The van der Waals surface area contributed by atoms with Crippen LogP contribution in [0.15, 0.2) is 72.4 Å². The number of nitro groups is 1. The number of hydrogen-bond acceptors (Lipinski definition) is 6. The fourth-order valence-corrected chi connectivity index (χ4v) is 3.35. The Hall–Kier alpha value is -3.93. The molecular formula is C24H20IN3O6. The largest absolute Gasteiger partial charge is 0.493 e. The number of carbonyl (C=O) groups excluding carboxylic acids is 2. The van der Waals surface area contributed by atoms with Crippen LogP contribution in [0.1, 0.15) is 15.9 Å². The van der Waals surface area contributed by atoms with Crippen LogP contribution in [-0.4, -0.2) is 31.0 Å². The minimum atomic E-state index is -0.658. The Morgan fingerprint density at radius 3 is 2.18 bits per heavy atom. The number of carbonyl (C=O) groups is 2. The van der Waals surface area contributed by atoms with Crippen LogP contribution in [0.25, 0.3) is 6.08 Å². The summed E-state index contributed by atoms with van der Waals surface area (Å²) in [5.41, 5.74) is 0.335. The van der Waals surface area contributed by atoms with E-state index in [2.05, 4.69) is 33.2 Å². The Labute approximate surface area is 209 Å². The van der Waals surface area contributed by atoms with Crippen LogP contribution in [0.4, 0.5) is 11.4 Å². The monoisotopic (exact) mass is 573 g/mol. The van der Waals surface area contributed by atoms with Crippen LogP contribution in [0.3, 0.4) is 0 Å². The third kappa shape index (κ3) is 6.10. The second kappa shape index (κ2) is 11.3. The molecule has 10 heteroatoms. The SMILES string of the molecule is COc1cc(/C=C(/NC(=O)c2ccccc2)C(=O)Nc2ccc(I)cc2)c([N+](=O)[O-])cc1OC. The van der Waals surface area contributed by atoms with Crippen molar-refractivity contribution in [2.45, 2.75) is 0 Å². The van der Waals surface area contributed by atoms with Crippen LogP contribution in [0.2, 0.25) is 0 Å². The normalized spacial score (nSPS) is 10.9. The first-order valence-corrected chi connectivity index (χ1v) is 11.0. The van der Waals surface area contributed by atoms with Crippen molar-refractivity contribution in [2.24, 2.45) is 0 Å². The third-order valence-electron chi connectivity index (χ3n) is 4.66. The third-order valence-corrected chi connectivity index (χ3v) is 5.38. The highest BCUT2D eigenvalue weighted by Gasteiger charge is 2.22. The van der Waals surface area contributed by atoms with Gasteiger partial charge in [0.25, 0.3) is 17.5 Å². The van der Waals surface area contributed by atoms with Gasteiger partial charge in [-0.05, 0) is 71.1 Å². The first-order chi connectivity index (χ1) is 16.3. The lowest BCUT2D eigenvalue weighted by Gasteiger charge is -2.13. The quantitative estimate of drug-likeness (QED) is 0.176. The minimum absolute atomic E-state index is 0.0452. The molecule has 0 aromatic heterocycles. The van der Waals surface area contributed by atoms with Crippen molar-refractivity contribution in [1.82, 2.24) is 5.32 Å². The molecule has 0 spiro atoms. The maximum atomic E-state index is 13.1. The maximum Gasteiger partial charge on any atom is 0.280 e. The summed E-state index contributed by atoms with van der Waals surface area (Å²) in [7, 11) is 2.75. The second-order valence-corrected chi connectivity index (χ2v) is 8.11. The number of benzene rings is 3. The van der Waals surface area contributed by atoms with E-state index in [-0.39, 0.29) is 28.4 Å². The van der Waals surface area contributed by atoms with Crippen molar-refractivity contribution in [1.29, 1.82) is 0 Å². The number of amides is 2. The molecule has 9 nitrogen and oxygen atoms in total. The highest BCUT2D eigenvalue weighted by atomic mass is 127. The first-order valence-electron chi connectivity index (χ1n) is 9.87. The summed E-state index contributed by atoms with van der Waals surface area (Å²) >= 11 is 2.14. The zero-order chi connectivity index (χ0) is 24.7. The number of nitrogens with one attached hydrogen (secondary N) is 2. The molecular weight excluding hydrogens is 553 g/mol. The van der Waals surface area contributed by atoms with Gasteiger partial charge < -0.3 is 20.1 Å². The van der Waals surface area contributed by atoms with Crippen molar-refractivity contribution in [3.63, 3.8) is 0 Å². The average Bonchev–Trinajstić information content (AvgIpc) is 2.84. The van der Waals surface area contributed by atoms with Crippen LogP contribution in [-0.2, 0) is 4.79 Å². The van der Waals surface area contributed by atoms with Crippen molar-refractivity contribution >= 4 is 51.9 Å². The summed E-state index contributed by atoms with van der Waals surface area (Å²) in [6, 6.07) is 17.9. The van der Waals surface area contributed by atoms with Gasteiger partial charge in [-0.3, -0.25) is 19.7 Å². The second-order valence-electron chi connectivity index (χ2n) is 6.86. The smallest absolute Gasteiger partial charge is 0.280 e. The lowest BCUT2D eigenvalue weighted by molar-refractivity contribution is -0.385. The van der Waals surface area contributed by atoms with E-state index in [0.717, 1.165) is 3.57 Å². The Kier molecular flexibility index (Phi) is 8.19. The van der Waals surface area contributed by atoms with Crippen molar-refractivity contribution in [2.75, 3.05) is 19.5 Å². The summed E-state index contributed by atoms with van der Waals surface area (Å²) in [5.74, 6) is -0.821. The Bertz CT molecular complexity index is 1240. The molecule has 0 unspecified atom stereocenters. The van der Waals surface area contributed by atoms with E-state index in [1.165, 1.54) is 32.4 Å². The topological polar surface area (TPSA) is 120 Å². The van der Waals surface area contributed by atoms with Gasteiger partial charge in [-0.25, -0.2) is 0 Å². The predicted molar refractivity (Wildman–Crippen MR) is 136 cm³/mol. The van der Waals surface area contributed by atoms with Crippen molar-refractivity contribution in [3.05, 3.63) is 97.2 Å². The molecule has 0 aliphatic carbocycles. The molecule has 0 bridgehead atoms. The lowest BCUT2D eigenvalue weighted by atomic mass is 10.1. The van der Waals surface area contributed by atoms with E-state index in [0.29, 0.717) is 11.3 Å². The lowest BCUT2D eigenvalue weighted by Crippen LogP contribution is -2.30. The van der Waals surface area contributed by atoms with Crippen molar-refractivity contribution in [3.8, 4) is 11.5 Å². The predicted octanol–water partition coefficient (Wildman–Crippen LogP) is 4.63. The van der Waals surface area contributed by atoms with E-state index in [1.54, 1.807) is 54.6 Å². The molecule has 0 radical (unpaired) electrons. The molecule has 0 aliphatic rings. The molecule has 3 aromatic rings. The molecule has 0 fully saturated rings. The van der Waals surface area contributed by atoms with Crippen LogP contribution >= 0.6 is 22.6 Å². The zero-order valence-corrected chi connectivity index (χ0v) is 20.4. The van der Waals surface area contributed by atoms with Gasteiger partial charge in [-0.2, -0.15) is 0 Å². The van der Waals surface area contributed by atoms with Gasteiger partial charge in [0.15, 0.2) is 11.5 Å². The van der Waals surface area contributed by atoms with Gasteiger partial charge in [-0.1, -0.05) is 18.2 Å². The van der Waals surface area contributed by atoms with Crippen molar-refractivity contribution < 1.29 is 24.0 Å². The first kappa shape index (κ1) is 24.7. The van der Waals surface area contributed by atoms with Gasteiger partial charge in [0, 0.05) is 14.8 Å². The average molecular weight is 573 g/mol. The fraction of sp³-hybridized carbons (Fsp3) is 0.0833. The molecule has 2 N–H and O–H groups in total. The van der Waals surface area contributed by atoms with Gasteiger partial charge in [0.2, 0.25) is 0 Å². The van der Waals surface area contributed by atoms with Crippen LogP contribution < -0.4 is 20.1 Å². The molecule has 0 saturated heterocycles. The van der Waals surface area contributed by atoms with E-state index in [4.69, 9.17) is 9.47 Å². The number of rotatable bonds is 8. The summed E-state index contributed by atoms with van der Waals surface area (Å²) in [6.45, 7) is 0. The zero-order valence-electron chi connectivity index (χ0n) is 18.2. The molecule has 0 aliphatic heterocycles. The molecule has 3 rings (SSSR count). The van der Waals surface area contributed by atoms with Crippen LogP contribution in [0.5, 0.6) is 11.5 Å². The minimum Gasteiger partial charge on any atom is -0.493 e. The Balaban J connectivity index is 2.06. The molecule has 3 aromatic carbocycles. The number of halogens is 1. The summed E-state index contributed by atoms with van der Waals surface area (Å²) < 4.78 is 11.4. The maximum absolute atomic E-state index is 13.1. The Morgan fingerprint density at radius 2 is 1.59 bits per heavy atom. The fourth-order valence-electron chi connectivity index (χ4n) is 2.99. The molecule has 34 heavy (non-hydrogen) atoms. The van der Waals surface area contributed by atoms with Crippen LogP contribution in [0, 0.1) is 13.7 Å². The van der Waals surface area contributed by atoms with E-state index < -0.39 is 16.7 Å². The Morgan fingerprint density at radius 1 is 0.971 bits per heavy atom. The molecule has 0 heterocycles. The number of nitrogens with zero attached hydrogens (tertiary/aromatic N) is 1. The summed E-state index contributed by atoms with van der Waals surface area (Å²) in [4.78, 5) is 37.0. The van der Waals surface area contributed by atoms with Gasteiger partial charge >= 0.3 is 0 Å². The highest BCUT2D eigenvalue weighted by Crippen LogP contribution is 2.35. The summed E-state index contributed by atoms with van der Waals surface area (Å²) in [5, 5.41) is 17.0. The standard InChI is InChI=1S/C24H20IN3O6/c1-33-21-13-16(20(28(31)32)14-22(21)34-2)12-19(27-23(29)15-6-4-3-5-7-15)24(30)26-18-10-8-17(25)9-11-18/h3-14H,1-2H3,(H,26,30)(H,27,29)/b19-12+. The van der Waals surface area contributed by atoms with Gasteiger partial charge in [0.05, 0.1) is 30.8 Å². The molecule has 2 amide bonds.